The third-order valence-corrected chi connectivity index (χ3v) is 13.2. The number of carbonyl (C=O) groups excluding carboxylic acids is 6. The van der Waals surface area contributed by atoms with Gasteiger partial charge in [-0.05, 0) is 110 Å². The Kier molecular flexibility index (Phi) is 15.9. The zero-order chi connectivity index (χ0) is 46.1. The van der Waals surface area contributed by atoms with Gasteiger partial charge in [-0.15, -0.1) is 0 Å². The first-order valence-corrected chi connectivity index (χ1v) is 22.4. The Morgan fingerprint density at radius 2 is 1.00 bits per heavy atom. The molecule has 4 N–H and O–H groups in total. The van der Waals surface area contributed by atoms with Crippen molar-refractivity contribution in [3.8, 4) is 0 Å². The van der Waals surface area contributed by atoms with Gasteiger partial charge in [-0.1, -0.05) is 64.8 Å². The average molecular weight is 884 g/mol. The SMILES string of the molecule is CC[C@@H](C)[C@H](NC(=O)OC)C(=O)N1CCC[C@H]1C(=O)Nc1ccc([C@@H]2CC[C@@H](c3ccc(NC(=O)[C@@H]4CCCN4C(=O)[C@@H](NC(=O)OC)[C@H](C)CC)cc3)N2c2ccc(F)cc2)cc1. The Labute approximate surface area is 374 Å². The van der Waals surface area contributed by atoms with Gasteiger partial charge in [-0.3, -0.25) is 19.2 Å². The van der Waals surface area contributed by atoms with Crippen LogP contribution in [0.5, 0.6) is 0 Å². The Morgan fingerprint density at radius 1 is 0.609 bits per heavy atom. The number of hydrogen-bond acceptors (Lipinski definition) is 9. The number of nitrogens with zero attached hydrogens (tertiary/aromatic N) is 3. The summed E-state index contributed by atoms with van der Waals surface area (Å²) in [6, 6.07) is 18.6. The van der Waals surface area contributed by atoms with E-state index in [-0.39, 0.29) is 53.4 Å². The minimum Gasteiger partial charge on any atom is -0.453 e. The molecule has 6 amide bonds. The number of amides is 6. The highest BCUT2D eigenvalue weighted by Crippen LogP contribution is 2.47. The van der Waals surface area contributed by atoms with E-state index < -0.39 is 36.4 Å². The Hall–Kier alpha value is -6.19. The summed E-state index contributed by atoms with van der Waals surface area (Å²) in [5, 5.41) is 11.3. The van der Waals surface area contributed by atoms with Crippen molar-refractivity contribution in [2.75, 3.05) is 42.8 Å². The van der Waals surface area contributed by atoms with Crippen molar-refractivity contribution in [3.63, 3.8) is 0 Å². The lowest BCUT2D eigenvalue weighted by Crippen LogP contribution is -2.54. The van der Waals surface area contributed by atoms with E-state index in [1.807, 2.05) is 76.2 Å². The summed E-state index contributed by atoms with van der Waals surface area (Å²) in [4.78, 5) is 84.2. The predicted molar refractivity (Wildman–Crippen MR) is 241 cm³/mol. The molecule has 0 spiro atoms. The molecule has 16 heteroatoms. The molecule has 344 valence electrons. The predicted octanol–water partition coefficient (Wildman–Crippen LogP) is 7.31. The van der Waals surface area contributed by atoms with Crippen LogP contribution in [0.1, 0.15) is 102 Å². The standard InChI is InChI=1S/C48H62FN7O8/c1-7-29(3)41(52-47(61)63-5)45(59)54-27-9-11-39(54)43(57)50-34-19-13-31(14-20-34)37-25-26-38(56(37)36-23-17-33(49)18-24-36)32-15-21-35(22-16-32)51-44(58)40-12-10-28-55(40)46(60)42(30(4)8-2)53-48(62)64-6/h13-24,29-30,37-42H,7-12,25-28H2,1-6H3,(H,50,57)(H,51,58)(H,52,61)(H,53,62)/t29-,30-,37+,38+,39+,40+,41+,42+/m1/s1. The maximum atomic E-state index is 14.2. The molecular weight excluding hydrogens is 822 g/mol. The molecule has 3 fully saturated rings. The van der Waals surface area contributed by atoms with E-state index in [1.54, 1.807) is 21.9 Å². The number of alkyl carbamates (subject to hydrolysis) is 2. The molecule has 0 unspecified atom stereocenters. The molecule has 3 aromatic rings. The molecule has 15 nitrogen and oxygen atoms in total. The Balaban J connectivity index is 1.14. The zero-order valence-electron chi connectivity index (χ0n) is 37.6. The molecule has 3 aromatic carbocycles. The van der Waals surface area contributed by atoms with E-state index >= 15 is 0 Å². The van der Waals surface area contributed by atoms with Crippen molar-refractivity contribution in [2.24, 2.45) is 11.8 Å². The van der Waals surface area contributed by atoms with Gasteiger partial charge in [0, 0.05) is 30.2 Å². The second-order valence-electron chi connectivity index (χ2n) is 17.1. The molecule has 3 saturated heterocycles. The van der Waals surface area contributed by atoms with Crippen molar-refractivity contribution in [3.05, 3.63) is 89.7 Å². The van der Waals surface area contributed by atoms with Crippen LogP contribution in [0.2, 0.25) is 0 Å². The molecule has 8 atom stereocenters. The molecule has 3 aliphatic heterocycles. The summed E-state index contributed by atoms with van der Waals surface area (Å²) >= 11 is 0. The lowest BCUT2D eigenvalue weighted by atomic mass is 9.97. The van der Waals surface area contributed by atoms with Gasteiger partial charge in [-0.25, -0.2) is 14.0 Å². The fourth-order valence-corrected chi connectivity index (χ4v) is 9.17. The fourth-order valence-electron chi connectivity index (χ4n) is 9.17. The average Bonchev–Trinajstić information content (AvgIpc) is 4.11. The summed E-state index contributed by atoms with van der Waals surface area (Å²) in [7, 11) is 2.49. The summed E-state index contributed by atoms with van der Waals surface area (Å²) in [5.74, 6) is -1.89. The Bertz CT molecular complexity index is 1990. The largest absolute Gasteiger partial charge is 0.453 e. The number of ether oxygens (including phenoxy) is 2. The normalized spacial score (nSPS) is 21.3. The topological polar surface area (TPSA) is 179 Å². The maximum absolute atomic E-state index is 14.2. The van der Waals surface area contributed by atoms with Crippen LogP contribution in [0.3, 0.4) is 0 Å². The second-order valence-corrected chi connectivity index (χ2v) is 17.1. The van der Waals surface area contributed by atoms with Gasteiger partial charge in [0.05, 0.1) is 26.3 Å². The molecule has 0 radical (unpaired) electrons. The van der Waals surface area contributed by atoms with Crippen molar-refractivity contribution >= 4 is 52.9 Å². The molecule has 3 aliphatic rings. The van der Waals surface area contributed by atoms with Gasteiger partial charge in [-0.2, -0.15) is 0 Å². The minimum atomic E-state index is -0.817. The van der Waals surface area contributed by atoms with E-state index in [0.717, 1.165) is 29.7 Å². The van der Waals surface area contributed by atoms with Gasteiger partial charge >= 0.3 is 12.2 Å². The monoisotopic (exact) mass is 883 g/mol. The highest BCUT2D eigenvalue weighted by atomic mass is 19.1. The lowest BCUT2D eigenvalue weighted by Gasteiger charge is -2.33. The molecule has 3 heterocycles. The summed E-state index contributed by atoms with van der Waals surface area (Å²) < 4.78 is 23.7. The first-order chi connectivity index (χ1) is 30.8. The number of nitrogens with one attached hydrogen (secondary N) is 4. The third kappa shape index (κ3) is 10.8. The van der Waals surface area contributed by atoms with E-state index in [9.17, 15) is 33.2 Å². The molecule has 0 aromatic heterocycles. The number of hydrogen-bond donors (Lipinski definition) is 4. The summed E-state index contributed by atoms with van der Waals surface area (Å²) in [6.07, 6.45) is 3.80. The molecular formula is C48H62FN7O8. The van der Waals surface area contributed by atoms with Gasteiger partial charge in [0.2, 0.25) is 23.6 Å². The van der Waals surface area contributed by atoms with Crippen LogP contribution in [-0.4, -0.2) is 97.1 Å². The zero-order valence-corrected chi connectivity index (χ0v) is 37.6. The van der Waals surface area contributed by atoms with Crippen LogP contribution in [-0.2, 0) is 28.7 Å². The first-order valence-electron chi connectivity index (χ1n) is 22.4. The highest BCUT2D eigenvalue weighted by Gasteiger charge is 2.41. The van der Waals surface area contributed by atoms with Crippen molar-refractivity contribution in [1.82, 2.24) is 20.4 Å². The smallest absolute Gasteiger partial charge is 0.407 e. The number of likely N-dealkylation sites (tertiary alicyclic amines) is 2. The minimum absolute atomic E-state index is 0.0823. The third-order valence-electron chi connectivity index (χ3n) is 13.2. The van der Waals surface area contributed by atoms with Crippen LogP contribution >= 0.6 is 0 Å². The first kappa shape index (κ1) is 47.3. The van der Waals surface area contributed by atoms with Gasteiger partial charge in [0.1, 0.15) is 30.0 Å². The number of anilines is 3. The van der Waals surface area contributed by atoms with Crippen LogP contribution in [0.15, 0.2) is 72.8 Å². The highest BCUT2D eigenvalue weighted by molar-refractivity contribution is 5.99. The maximum Gasteiger partial charge on any atom is 0.407 e. The van der Waals surface area contributed by atoms with Gasteiger partial charge < -0.3 is 45.4 Å². The van der Waals surface area contributed by atoms with Crippen molar-refractivity contribution < 1.29 is 42.6 Å². The molecule has 0 saturated carbocycles. The fraction of sp³-hybridized carbons (Fsp3) is 0.500. The number of benzene rings is 3. The van der Waals surface area contributed by atoms with Gasteiger partial charge in [0.25, 0.3) is 0 Å². The van der Waals surface area contributed by atoms with Crippen LogP contribution in [0.25, 0.3) is 0 Å². The van der Waals surface area contributed by atoms with E-state index in [4.69, 9.17) is 9.47 Å². The second kappa shape index (κ2) is 21.5. The molecule has 0 bridgehead atoms. The van der Waals surface area contributed by atoms with E-state index in [2.05, 4.69) is 26.2 Å². The van der Waals surface area contributed by atoms with E-state index in [0.29, 0.717) is 63.0 Å². The number of halogens is 1. The summed E-state index contributed by atoms with van der Waals surface area (Å²) in [6.45, 7) is 8.44. The number of methoxy groups -OCH3 is 2. The molecule has 6 rings (SSSR count). The lowest BCUT2D eigenvalue weighted by molar-refractivity contribution is -0.139. The van der Waals surface area contributed by atoms with Crippen LogP contribution in [0, 0.1) is 17.7 Å². The van der Waals surface area contributed by atoms with Crippen LogP contribution < -0.4 is 26.2 Å². The number of carbonyl (C=O) groups is 6. The van der Waals surface area contributed by atoms with Crippen molar-refractivity contribution in [2.45, 2.75) is 115 Å². The Morgan fingerprint density at radius 3 is 1.36 bits per heavy atom. The summed E-state index contributed by atoms with van der Waals surface area (Å²) in [5.41, 5.74) is 4.01. The molecule has 64 heavy (non-hydrogen) atoms. The van der Waals surface area contributed by atoms with Crippen molar-refractivity contribution in [1.29, 1.82) is 0 Å². The van der Waals surface area contributed by atoms with E-state index in [1.165, 1.54) is 26.4 Å². The molecule has 0 aliphatic carbocycles. The number of rotatable bonds is 15. The quantitative estimate of drug-likeness (QED) is 0.122. The van der Waals surface area contributed by atoms with Gasteiger partial charge in [0.15, 0.2) is 0 Å². The van der Waals surface area contributed by atoms with Crippen LogP contribution in [0.4, 0.5) is 31.0 Å².